The molecular weight excluding hydrogens is 164 g/mol. The van der Waals surface area contributed by atoms with Crippen molar-refractivity contribution < 1.29 is 0 Å². The standard InChI is InChI=1S/C9H18N4/c1-7(10-3)6-11-9-5-8(2)13(4)12-9/h5,7,10H,6H2,1-4H3,(H,11,12)/t7-/m0/s1. The molecule has 1 atom stereocenters. The molecule has 0 aromatic carbocycles. The maximum absolute atomic E-state index is 4.29. The maximum Gasteiger partial charge on any atom is 0.148 e. The van der Waals surface area contributed by atoms with Crippen LogP contribution in [-0.4, -0.2) is 29.4 Å². The molecule has 0 bridgehead atoms. The number of likely N-dealkylation sites (N-methyl/N-ethyl adjacent to an activating group) is 1. The second-order valence-electron chi connectivity index (χ2n) is 3.37. The molecule has 1 heterocycles. The molecule has 1 rings (SSSR count). The van der Waals surface area contributed by atoms with E-state index in [4.69, 9.17) is 0 Å². The number of nitrogens with one attached hydrogen (secondary N) is 2. The zero-order chi connectivity index (χ0) is 9.84. The van der Waals surface area contributed by atoms with Gasteiger partial charge in [0.15, 0.2) is 0 Å². The van der Waals surface area contributed by atoms with Gasteiger partial charge in [0.1, 0.15) is 5.82 Å². The van der Waals surface area contributed by atoms with Gasteiger partial charge in [0, 0.05) is 31.4 Å². The zero-order valence-electron chi connectivity index (χ0n) is 8.76. The van der Waals surface area contributed by atoms with Crippen LogP contribution < -0.4 is 10.6 Å². The predicted octanol–water partition coefficient (Wildman–Crippen LogP) is 0.748. The van der Waals surface area contributed by atoms with E-state index in [1.165, 1.54) is 5.69 Å². The Bertz CT molecular complexity index is 247. The Hall–Kier alpha value is -1.03. The summed E-state index contributed by atoms with van der Waals surface area (Å²) < 4.78 is 1.87. The van der Waals surface area contributed by atoms with Gasteiger partial charge < -0.3 is 10.6 Å². The van der Waals surface area contributed by atoms with Crippen LogP contribution in [0.2, 0.25) is 0 Å². The van der Waals surface area contributed by atoms with E-state index in [9.17, 15) is 0 Å². The van der Waals surface area contributed by atoms with Crippen molar-refractivity contribution in [1.29, 1.82) is 0 Å². The third-order valence-corrected chi connectivity index (χ3v) is 2.20. The van der Waals surface area contributed by atoms with Gasteiger partial charge in [0.25, 0.3) is 0 Å². The number of aryl methyl sites for hydroxylation is 2. The van der Waals surface area contributed by atoms with Crippen molar-refractivity contribution in [2.75, 3.05) is 18.9 Å². The number of rotatable bonds is 4. The summed E-state index contributed by atoms with van der Waals surface area (Å²) in [4.78, 5) is 0. The van der Waals surface area contributed by atoms with Crippen LogP contribution in [0.3, 0.4) is 0 Å². The number of anilines is 1. The normalized spacial score (nSPS) is 12.9. The van der Waals surface area contributed by atoms with Crippen LogP contribution in [0.1, 0.15) is 12.6 Å². The fourth-order valence-electron chi connectivity index (χ4n) is 1.01. The lowest BCUT2D eigenvalue weighted by Crippen LogP contribution is -2.29. The van der Waals surface area contributed by atoms with E-state index in [0.29, 0.717) is 6.04 Å². The molecule has 1 aromatic rings. The summed E-state index contributed by atoms with van der Waals surface area (Å²) in [5.74, 6) is 0.946. The van der Waals surface area contributed by atoms with Gasteiger partial charge >= 0.3 is 0 Å². The topological polar surface area (TPSA) is 41.9 Å². The minimum atomic E-state index is 0.460. The number of aromatic nitrogens is 2. The van der Waals surface area contributed by atoms with Crippen molar-refractivity contribution in [1.82, 2.24) is 15.1 Å². The number of hydrogen-bond donors (Lipinski definition) is 2. The van der Waals surface area contributed by atoms with Crippen LogP contribution in [0.15, 0.2) is 6.07 Å². The average Bonchev–Trinajstić information content (AvgIpc) is 2.42. The molecule has 0 unspecified atom stereocenters. The third-order valence-electron chi connectivity index (χ3n) is 2.20. The highest BCUT2D eigenvalue weighted by Gasteiger charge is 2.01. The highest BCUT2D eigenvalue weighted by atomic mass is 15.3. The van der Waals surface area contributed by atoms with Crippen LogP contribution in [0, 0.1) is 6.92 Å². The van der Waals surface area contributed by atoms with Gasteiger partial charge in [0.2, 0.25) is 0 Å². The van der Waals surface area contributed by atoms with Crippen LogP contribution in [-0.2, 0) is 7.05 Å². The van der Waals surface area contributed by atoms with Gasteiger partial charge in [-0.1, -0.05) is 0 Å². The molecular formula is C9H18N4. The van der Waals surface area contributed by atoms with Crippen LogP contribution in [0.4, 0.5) is 5.82 Å². The molecule has 74 valence electrons. The van der Waals surface area contributed by atoms with E-state index in [2.05, 4.69) is 22.7 Å². The maximum atomic E-state index is 4.29. The van der Waals surface area contributed by atoms with Crippen molar-refractivity contribution >= 4 is 5.82 Å². The van der Waals surface area contributed by atoms with E-state index in [1.807, 2.05) is 31.8 Å². The third kappa shape index (κ3) is 2.73. The lowest BCUT2D eigenvalue weighted by Gasteiger charge is -2.09. The summed E-state index contributed by atoms with van der Waals surface area (Å²) in [6.07, 6.45) is 0. The second kappa shape index (κ2) is 4.28. The van der Waals surface area contributed by atoms with Gasteiger partial charge in [-0.2, -0.15) is 5.10 Å². The van der Waals surface area contributed by atoms with E-state index < -0.39 is 0 Å². The quantitative estimate of drug-likeness (QED) is 0.722. The Morgan fingerprint density at radius 3 is 2.77 bits per heavy atom. The molecule has 0 fully saturated rings. The Kier molecular flexibility index (Phi) is 3.31. The molecule has 0 aliphatic carbocycles. The minimum absolute atomic E-state index is 0.460. The Labute approximate surface area is 79.3 Å². The first-order valence-electron chi connectivity index (χ1n) is 4.55. The molecule has 0 aliphatic heterocycles. The molecule has 0 amide bonds. The smallest absolute Gasteiger partial charge is 0.148 e. The lowest BCUT2D eigenvalue weighted by molar-refractivity contribution is 0.635. The first-order valence-corrected chi connectivity index (χ1v) is 4.55. The molecule has 0 saturated carbocycles. The van der Waals surface area contributed by atoms with E-state index >= 15 is 0 Å². The first-order chi connectivity index (χ1) is 6.13. The van der Waals surface area contributed by atoms with Gasteiger partial charge in [-0.25, -0.2) is 0 Å². The fourth-order valence-corrected chi connectivity index (χ4v) is 1.01. The summed E-state index contributed by atoms with van der Waals surface area (Å²) in [5, 5.41) is 10.7. The summed E-state index contributed by atoms with van der Waals surface area (Å²) in [7, 11) is 3.90. The van der Waals surface area contributed by atoms with E-state index in [1.54, 1.807) is 0 Å². The Balaban J connectivity index is 2.45. The van der Waals surface area contributed by atoms with Gasteiger partial charge in [0.05, 0.1) is 0 Å². The zero-order valence-corrected chi connectivity index (χ0v) is 8.76. The average molecular weight is 182 g/mol. The summed E-state index contributed by atoms with van der Waals surface area (Å²) in [6, 6.07) is 2.50. The highest BCUT2D eigenvalue weighted by Crippen LogP contribution is 2.06. The van der Waals surface area contributed by atoms with E-state index in [0.717, 1.165) is 12.4 Å². The van der Waals surface area contributed by atoms with Crippen molar-refractivity contribution in [3.8, 4) is 0 Å². The van der Waals surface area contributed by atoms with Crippen molar-refractivity contribution in [2.45, 2.75) is 19.9 Å². The number of hydrogen-bond acceptors (Lipinski definition) is 3. The second-order valence-corrected chi connectivity index (χ2v) is 3.37. The van der Waals surface area contributed by atoms with Crippen molar-refractivity contribution in [2.24, 2.45) is 7.05 Å². The van der Waals surface area contributed by atoms with Crippen molar-refractivity contribution in [3.63, 3.8) is 0 Å². The van der Waals surface area contributed by atoms with Crippen LogP contribution >= 0.6 is 0 Å². The monoisotopic (exact) mass is 182 g/mol. The summed E-state index contributed by atoms with van der Waals surface area (Å²) in [6.45, 7) is 5.06. The SMILES string of the molecule is CN[C@@H](C)CNc1cc(C)n(C)n1. The molecule has 0 saturated heterocycles. The molecule has 4 nitrogen and oxygen atoms in total. The summed E-state index contributed by atoms with van der Waals surface area (Å²) in [5.41, 5.74) is 1.17. The van der Waals surface area contributed by atoms with Crippen LogP contribution in [0.25, 0.3) is 0 Å². The molecule has 2 N–H and O–H groups in total. The van der Waals surface area contributed by atoms with E-state index in [-0.39, 0.29) is 0 Å². The molecule has 0 aliphatic rings. The molecule has 1 aromatic heterocycles. The fraction of sp³-hybridized carbons (Fsp3) is 0.667. The molecule has 4 heteroatoms. The predicted molar refractivity (Wildman–Crippen MR) is 55.0 cm³/mol. The van der Waals surface area contributed by atoms with Crippen LogP contribution in [0.5, 0.6) is 0 Å². The number of nitrogens with zero attached hydrogens (tertiary/aromatic N) is 2. The highest BCUT2D eigenvalue weighted by molar-refractivity contribution is 5.35. The Morgan fingerprint density at radius 1 is 1.62 bits per heavy atom. The molecule has 0 spiro atoms. The lowest BCUT2D eigenvalue weighted by atomic mass is 10.3. The Morgan fingerprint density at radius 2 is 2.31 bits per heavy atom. The largest absolute Gasteiger partial charge is 0.367 e. The summed E-state index contributed by atoms with van der Waals surface area (Å²) >= 11 is 0. The van der Waals surface area contributed by atoms with Gasteiger partial charge in [-0.05, 0) is 20.9 Å². The first kappa shape index (κ1) is 10.1. The minimum Gasteiger partial charge on any atom is -0.367 e. The van der Waals surface area contributed by atoms with Gasteiger partial charge in [-0.3, -0.25) is 4.68 Å². The molecule has 13 heavy (non-hydrogen) atoms. The molecule has 0 radical (unpaired) electrons. The van der Waals surface area contributed by atoms with Crippen molar-refractivity contribution in [3.05, 3.63) is 11.8 Å². The van der Waals surface area contributed by atoms with Gasteiger partial charge in [-0.15, -0.1) is 0 Å².